The summed E-state index contributed by atoms with van der Waals surface area (Å²) >= 11 is 0. The Morgan fingerprint density at radius 3 is 2.62 bits per heavy atom. The third-order valence-corrected chi connectivity index (χ3v) is 4.53. The minimum Gasteiger partial charge on any atom is -0.496 e. The van der Waals surface area contributed by atoms with Crippen LogP contribution in [0.2, 0.25) is 0 Å². The second-order valence-electron chi connectivity index (χ2n) is 6.23. The number of halogens is 1. The van der Waals surface area contributed by atoms with E-state index in [-0.39, 0.29) is 30.5 Å². The molecule has 3 rings (SSSR count). The van der Waals surface area contributed by atoms with E-state index in [1.54, 1.807) is 14.2 Å². The van der Waals surface area contributed by atoms with E-state index < -0.39 is 0 Å². The molecule has 2 N–H and O–H groups in total. The molecule has 0 aromatic heterocycles. The summed E-state index contributed by atoms with van der Waals surface area (Å²) in [4.78, 5) is 12.4. The van der Waals surface area contributed by atoms with Crippen molar-refractivity contribution in [1.82, 2.24) is 5.32 Å². The Bertz CT molecular complexity index is 724. The van der Waals surface area contributed by atoms with Gasteiger partial charge in [-0.05, 0) is 30.2 Å². The highest BCUT2D eigenvalue weighted by molar-refractivity contribution is 5.95. The van der Waals surface area contributed by atoms with Gasteiger partial charge in [-0.1, -0.05) is 30.3 Å². The number of amides is 1. The molecule has 6 heteroatoms. The van der Waals surface area contributed by atoms with Crippen LogP contribution < -0.4 is 15.4 Å². The Kier molecular flexibility index (Phi) is 7.45. The lowest BCUT2D eigenvalue weighted by Crippen LogP contribution is -2.35. The Hall–Kier alpha value is -2.08. The van der Waals surface area contributed by atoms with Crippen LogP contribution in [-0.2, 0) is 16.0 Å². The first-order valence-electron chi connectivity index (χ1n) is 8.47. The van der Waals surface area contributed by atoms with Gasteiger partial charge in [-0.3, -0.25) is 4.79 Å². The zero-order valence-electron chi connectivity index (χ0n) is 15.0. The number of carbonyl (C=O) groups excluding carboxylic acids is 1. The lowest BCUT2D eigenvalue weighted by atomic mass is 10.0. The van der Waals surface area contributed by atoms with Crippen LogP contribution in [0.1, 0.15) is 17.5 Å². The molecule has 5 nitrogen and oxygen atoms in total. The van der Waals surface area contributed by atoms with Crippen LogP contribution in [0.25, 0.3) is 0 Å². The topological polar surface area (TPSA) is 59.6 Å². The van der Waals surface area contributed by atoms with Gasteiger partial charge in [0, 0.05) is 31.3 Å². The summed E-state index contributed by atoms with van der Waals surface area (Å²) in [6.07, 6.45) is 1.54. The van der Waals surface area contributed by atoms with Gasteiger partial charge in [0.05, 0.1) is 19.3 Å². The summed E-state index contributed by atoms with van der Waals surface area (Å²) in [6, 6.07) is 15.7. The third-order valence-electron chi connectivity index (χ3n) is 4.53. The van der Waals surface area contributed by atoms with Gasteiger partial charge >= 0.3 is 0 Å². The van der Waals surface area contributed by atoms with E-state index in [1.165, 1.54) is 5.56 Å². The van der Waals surface area contributed by atoms with E-state index >= 15 is 0 Å². The number of rotatable bonds is 6. The molecule has 0 saturated carbocycles. The minimum absolute atomic E-state index is 0. The monoisotopic (exact) mass is 376 g/mol. The van der Waals surface area contributed by atoms with Gasteiger partial charge in [-0.25, -0.2) is 0 Å². The average molecular weight is 377 g/mol. The first-order valence-corrected chi connectivity index (χ1v) is 8.47. The molecule has 1 amide bonds. The Morgan fingerprint density at radius 1 is 1.19 bits per heavy atom. The maximum Gasteiger partial charge on any atom is 0.241 e. The number of benzene rings is 2. The van der Waals surface area contributed by atoms with Gasteiger partial charge in [-0.15, -0.1) is 12.4 Å². The standard InChI is InChI=1S/C20H24N2O3.ClH/c1-24-17-12-18(21-13-17)20(23)22-16-8-9-19(25-2)15(11-16)10-14-6-4-3-5-7-14;/h3-9,11,17-18,21H,10,12-13H2,1-2H3,(H,22,23);1H/t17-,18+;/m0./s1. The summed E-state index contributed by atoms with van der Waals surface area (Å²) in [7, 11) is 3.33. The van der Waals surface area contributed by atoms with E-state index in [9.17, 15) is 4.79 Å². The van der Waals surface area contributed by atoms with Crippen LogP contribution in [0.15, 0.2) is 48.5 Å². The molecule has 2 aromatic rings. The predicted octanol–water partition coefficient (Wildman–Crippen LogP) is 3.02. The quantitative estimate of drug-likeness (QED) is 0.813. The predicted molar refractivity (Wildman–Crippen MR) is 105 cm³/mol. The number of hydrogen-bond acceptors (Lipinski definition) is 4. The highest BCUT2D eigenvalue weighted by Crippen LogP contribution is 2.25. The molecule has 140 valence electrons. The molecular formula is C20H25ClN2O3. The highest BCUT2D eigenvalue weighted by Gasteiger charge is 2.29. The molecule has 1 aliphatic rings. The zero-order chi connectivity index (χ0) is 17.6. The van der Waals surface area contributed by atoms with Crippen molar-refractivity contribution in [3.05, 3.63) is 59.7 Å². The van der Waals surface area contributed by atoms with Crippen LogP contribution in [0.4, 0.5) is 5.69 Å². The average Bonchev–Trinajstić information content (AvgIpc) is 3.12. The lowest BCUT2D eigenvalue weighted by Gasteiger charge is -2.14. The maximum atomic E-state index is 12.4. The molecule has 1 aliphatic heterocycles. The van der Waals surface area contributed by atoms with Crippen LogP contribution in [0.5, 0.6) is 5.75 Å². The van der Waals surface area contributed by atoms with E-state index in [1.807, 2.05) is 36.4 Å². The normalized spacial score (nSPS) is 18.8. The highest BCUT2D eigenvalue weighted by atomic mass is 35.5. The van der Waals surface area contributed by atoms with E-state index in [0.29, 0.717) is 13.0 Å². The van der Waals surface area contributed by atoms with E-state index in [2.05, 4.69) is 22.8 Å². The first kappa shape index (κ1) is 20.2. The Labute approximate surface area is 160 Å². The number of carbonyl (C=O) groups is 1. The van der Waals surface area contributed by atoms with Crippen molar-refractivity contribution in [1.29, 1.82) is 0 Å². The summed E-state index contributed by atoms with van der Waals surface area (Å²) in [6.45, 7) is 0.705. The van der Waals surface area contributed by atoms with Crippen molar-refractivity contribution < 1.29 is 14.3 Å². The molecule has 0 unspecified atom stereocenters. The van der Waals surface area contributed by atoms with Crippen molar-refractivity contribution in [3.63, 3.8) is 0 Å². The molecule has 2 atom stereocenters. The fourth-order valence-electron chi connectivity index (χ4n) is 3.12. The Balaban J connectivity index is 0.00000243. The smallest absolute Gasteiger partial charge is 0.241 e. The van der Waals surface area contributed by atoms with Crippen LogP contribution >= 0.6 is 12.4 Å². The Morgan fingerprint density at radius 2 is 1.96 bits per heavy atom. The molecular weight excluding hydrogens is 352 g/mol. The molecule has 0 bridgehead atoms. The SMILES string of the molecule is COc1ccc(NC(=O)[C@H]2C[C@H](OC)CN2)cc1Cc1ccccc1.Cl. The van der Waals surface area contributed by atoms with Gasteiger partial charge in [0.15, 0.2) is 0 Å². The third kappa shape index (κ3) is 4.97. The second kappa shape index (κ2) is 9.57. The van der Waals surface area contributed by atoms with Crippen LogP contribution in [0, 0.1) is 0 Å². The molecule has 1 saturated heterocycles. The molecule has 2 aromatic carbocycles. The number of hydrogen-bond donors (Lipinski definition) is 2. The summed E-state index contributed by atoms with van der Waals surface area (Å²) in [5.74, 6) is 0.788. The number of anilines is 1. The molecule has 26 heavy (non-hydrogen) atoms. The minimum atomic E-state index is -0.218. The fraction of sp³-hybridized carbons (Fsp3) is 0.350. The summed E-state index contributed by atoms with van der Waals surface area (Å²) in [5, 5.41) is 6.19. The molecule has 1 heterocycles. The molecule has 0 spiro atoms. The van der Waals surface area contributed by atoms with Crippen LogP contribution in [-0.4, -0.2) is 38.8 Å². The second-order valence-corrected chi connectivity index (χ2v) is 6.23. The molecule has 0 radical (unpaired) electrons. The maximum absolute atomic E-state index is 12.4. The van der Waals surface area contributed by atoms with Gasteiger partial charge in [0.2, 0.25) is 5.91 Å². The zero-order valence-corrected chi connectivity index (χ0v) is 15.8. The lowest BCUT2D eigenvalue weighted by molar-refractivity contribution is -0.118. The first-order chi connectivity index (χ1) is 12.2. The van der Waals surface area contributed by atoms with Gasteiger partial charge < -0.3 is 20.1 Å². The van der Waals surface area contributed by atoms with Crippen molar-refractivity contribution in [2.75, 3.05) is 26.1 Å². The summed E-state index contributed by atoms with van der Waals surface area (Å²) in [5.41, 5.74) is 3.02. The fourth-order valence-corrected chi connectivity index (χ4v) is 3.12. The van der Waals surface area contributed by atoms with Gasteiger partial charge in [0.1, 0.15) is 5.75 Å². The van der Waals surface area contributed by atoms with E-state index in [4.69, 9.17) is 9.47 Å². The number of methoxy groups -OCH3 is 2. The number of nitrogens with one attached hydrogen (secondary N) is 2. The van der Waals surface area contributed by atoms with E-state index in [0.717, 1.165) is 23.4 Å². The summed E-state index contributed by atoms with van der Waals surface area (Å²) < 4.78 is 10.8. The van der Waals surface area contributed by atoms with Crippen molar-refractivity contribution in [2.45, 2.75) is 25.0 Å². The van der Waals surface area contributed by atoms with Gasteiger partial charge in [-0.2, -0.15) is 0 Å². The van der Waals surface area contributed by atoms with Crippen LogP contribution in [0.3, 0.4) is 0 Å². The molecule has 0 aliphatic carbocycles. The largest absolute Gasteiger partial charge is 0.496 e. The van der Waals surface area contributed by atoms with Gasteiger partial charge in [0.25, 0.3) is 0 Å². The van der Waals surface area contributed by atoms with Crippen molar-refractivity contribution in [3.8, 4) is 5.75 Å². The molecule has 1 fully saturated rings. The van der Waals surface area contributed by atoms with Crippen molar-refractivity contribution in [2.24, 2.45) is 0 Å². The number of ether oxygens (including phenoxy) is 2. The van der Waals surface area contributed by atoms with Crippen molar-refractivity contribution >= 4 is 24.0 Å².